The van der Waals surface area contributed by atoms with Crippen LogP contribution in [0.2, 0.25) is 0 Å². The van der Waals surface area contributed by atoms with Crippen LogP contribution in [-0.4, -0.2) is 25.5 Å². The Morgan fingerprint density at radius 1 is 1.13 bits per heavy atom. The van der Waals surface area contributed by atoms with E-state index in [1.54, 1.807) is 19.0 Å². The highest BCUT2D eigenvalue weighted by Crippen LogP contribution is 2.22. The summed E-state index contributed by atoms with van der Waals surface area (Å²) in [7, 11) is 3.39. The molecule has 1 unspecified atom stereocenters. The topological polar surface area (TPSA) is 29.3 Å². The molecule has 84 valence electrons. The molecule has 0 amide bonds. The third-order valence-corrected chi connectivity index (χ3v) is 2.25. The van der Waals surface area contributed by atoms with Crippen molar-refractivity contribution in [2.24, 2.45) is 5.73 Å². The smallest absolute Gasteiger partial charge is 0.161 e. The maximum atomic E-state index is 13.3. The number of benzene rings is 1. The van der Waals surface area contributed by atoms with Gasteiger partial charge < -0.3 is 10.6 Å². The molecular formula is C10H13F3N2. The molecule has 1 aromatic carbocycles. The quantitative estimate of drug-likeness (QED) is 0.782. The SMILES string of the molecule is CN(C)C(CN)c1cc(F)c(F)cc1F. The van der Waals surface area contributed by atoms with Crippen LogP contribution in [0.5, 0.6) is 0 Å². The van der Waals surface area contributed by atoms with E-state index in [2.05, 4.69) is 0 Å². The summed E-state index contributed by atoms with van der Waals surface area (Å²) < 4.78 is 38.9. The molecule has 1 rings (SSSR count). The van der Waals surface area contributed by atoms with Crippen molar-refractivity contribution >= 4 is 0 Å². The lowest BCUT2D eigenvalue weighted by molar-refractivity contribution is 0.296. The molecule has 0 bridgehead atoms. The first-order valence-corrected chi connectivity index (χ1v) is 4.48. The minimum atomic E-state index is -1.19. The fourth-order valence-corrected chi connectivity index (χ4v) is 1.41. The Labute approximate surface area is 86.5 Å². The Morgan fingerprint density at radius 3 is 2.13 bits per heavy atom. The first-order chi connectivity index (χ1) is 6.97. The Bertz CT molecular complexity index is 353. The van der Waals surface area contributed by atoms with E-state index in [0.717, 1.165) is 6.07 Å². The summed E-state index contributed by atoms with van der Waals surface area (Å²) in [5.74, 6) is -3.03. The van der Waals surface area contributed by atoms with Gasteiger partial charge in [0, 0.05) is 24.2 Å². The Balaban J connectivity index is 3.18. The van der Waals surface area contributed by atoms with E-state index in [0.29, 0.717) is 6.07 Å². The lowest BCUT2D eigenvalue weighted by atomic mass is 10.1. The zero-order valence-electron chi connectivity index (χ0n) is 8.60. The van der Waals surface area contributed by atoms with E-state index >= 15 is 0 Å². The zero-order chi connectivity index (χ0) is 11.6. The number of halogens is 3. The van der Waals surface area contributed by atoms with E-state index in [1.165, 1.54) is 0 Å². The first kappa shape index (κ1) is 12.0. The zero-order valence-corrected chi connectivity index (χ0v) is 8.60. The van der Waals surface area contributed by atoms with E-state index in [-0.39, 0.29) is 12.1 Å². The summed E-state index contributed by atoms with van der Waals surface area (Å²) in [4.78, 5) is 1.65. The van der Waals surface area contributed by atoms with Gasteiger partial charge in [-0.05, 0) is 20.2 Å². The molecule has 2 nitrogen and oxygen atoms in total. The Hall–Kier alpha value is -1.07. The third kappa shape index (κ3) is 2.49. The highest BCUT2D eigenvalue weighted by Gasteiger charge is 2.19. The van der Waals surface area contributed by atoms with Gasteiger partial charge in [-0.1, -0.05) is 0 Å². The standard InChI is InChI=1S/C10H13F3N2/c1-15(2)10(5-14)6-3-8(12)9(13)4-7(6)11/h3-4,10H,5,14H2,1-2H3. The summed E-state index contributed by atoms with van der Waals surface area (Å²) in [5, 5.41) is 0. The fraction of sp³-hybridized carbons (Fsp3) is 0.400. The van der Waals surface area contributed by atoms with E-state index < -0.39 is 23.5 Å². The van der Waals surface area contributed by atoms with Crippen LogP contribution in [0.25, 0.3) is 0 Å². The molecule has 1 aromatic rings. The molecule has 0 aliphatic carbocycles. The van der Waals surface area contributed by atoms with Gasteiger partial charge in [-0.2, -0.15) is 0 Å². The minimum Gasteiger partial charge on any atom is -0.329 e. The van der Waals surface area contributed by atoms with Crippen LogP contribution in [0.1, 0.15) is 11.6 Å². The fourth-order valence-electron chi connectivity index (χ4n) is 1.41. The van der Waals surface area contributed by atoms with Crippen LogP contribution in [0.3, 0.4) is 0 Å². The largest absolute Gasteiger partial charge is 0.329 e. The van der Waals surface area contributed by atoms with Crippen LogP contribution in [0, 0.1) is 17.5 Å². The lowest BCUT2D eigenvalue weighted by Crippen LogP contribution is -2.28. The van der Waals surface area contributed by atoms with Crippen LogP contribution in [0.4, 0.5) is 13.2 Å². The van der Waals surface area contributed by atoms with E-state index in [9.17, 15) is 13.2 Å². The van der Waals surface area contributed by atoms with Crippen molar-refractivity contribution in [1.29, 1.82) is 0 Å². The molecule has 0 aliphatic rings. The number of hydrogen-bond acceptors (Lipinski definition) is 2. The summed E-state index contributed by atoms with van der Waals surface area (Å²) in [6.45, 7) is 0.134. The van der Waals surface area contributed by atoms with Gasteiger partial charge in [-0.3, -0.25) is 0 Å². The molecular weight excluding hydrogens is 205 g/mol. The van der Waals surface area contributed by atoms with Gasteiger partial charge in [-0.15, -0.1) is 0 Å². The van der Waals surface area contributed by atoms with Gasteiger partial charge in [0.25, 0.3) is 0 Å². The molecule has 0 aliphatic heterocycles. The van der Waals surface area contributed by atoms with Gasteiger partial charge >= 0.3 is 0 Å². The maximum absolute atomic E-state index is 13.3. The second-order valence-electron chi connectivity index (χ2n) is 3.50. The Morgan fingerprint density at radius 2 is 1.67 bits per heavy atom. The highest BCUT2D eigenvalue weighted by molar-refractivity contribution is 5.23. The average Bonchev–Trinajstić information content (AvgIpc) is 2.14. The summed E-state index contributed by atoms with van der Waals surface area (Å²) in [5.41, 5.74) is 5.51. The average molecular weight is 218 g/mol. The van der Waals surface area contributed by atoms with Gasteiger partial charge in [-0.25, -0.2) is 13.2 Å². The second kappa shape index (κ2) is 4.63. The molecule has 0 radical (unpaired) electrons. The normalized spacial score (nSPS) is 13.3. The van der Waals surface area contributed by atoms with E-state index in [4.69, 9.17) is 5.73 Å². The second-order valence-corrected chi connectivity index (χ2v) is 3.50. The van der Waals surface area contributed by atoms with Crippen molar-refractivity contribution in [2.45, 2.75) is 6.04 Å². The number of nitrogens with two attached hydrogens (primary N) is 1. The van der Waals surface area contributed by atoms with Gasteiger partial charge in [0.05, 0.1) is 0 Å². The summed E-state index contributed by atoms with van der Waals surface area (Å²) in [6.07, 6.45) is 0. The summed E-state index contributed by atoms with van der Waals surface area (Å²) in [6, 6.07) is 0.930. The first-order valence-electron chi connectivity index (χ1n) is 4.48. The number of hydrogen-bond donors (Lipinski definition) is 1. The molecule has 0 fully saturated rings. The molecule has 0 heterocycles. The number of nitrogens with zero attached hydrogens (tertiary/aromatic N) is 1. The van der Waals surface area contributed by atoms with Crippen molar-refractivity contribution in [3.63, 3.8) is 0 Å². The number of rotatable bonds is 3. The van der Waals surface area contributed by atoms with Gasteiger partial charge in [0.1, 0.15) is 5.82 Å². The van der Waals surface area contributed by atoms with Crippen LogP contribution in [-0.2, 0) is 0 Å². The van der Waals surface area contributed by atoms with Crippen molar-refractivity contribution in [1.82, 2.24) is 4.90 Å². The molecule has 0 aromatic heterocycles. The van der Waals surface area contributed by atoms with Crippen LogP contribution >= 0.6 is 0 Å². The minimum absolute atomic E-state index is 0.0707. The highest BCUT2D eigenvalue weighted by atomic mass is 19.2. The van der Waals surface area contributed by atoms with Crippen molar-refractivity contribution < 1.29 is 13.2 Å². The molecule has 5 heteroatoms. The predicted octanol–water partition coefficient (Wildman–Crippen LogP) is 1.67. The van der Waals surface area contributed by atoms with Crippen molar-refractivity contribution in [2.75, 3.05) is 20.6 Å². The number of likely N-dealkylation sites (N-methyl/N-ethyl adjacent to an activating group) is 1. The van der Waals surface area contributed by atoms with Crippen molar-refractivity contribution in [3.05, 3.63) is 35.1 Å². The monoisotopic (exact) mass is 218 g/mol. The van der Waals surface area contributed by atoms with Gasteiger partial charge in [0.15, 0.2) is 11.6 Å². The van der Waals surface area contributed by atoms with Crippen LogP contribution in [0.15, 0.2) is 12.1 Å². The molecule has 0 saturated carbocycles. The molecule has 0 spiro atoms. The lowest BCUT2D eigenvalue weighted by Gasteiger charge is -2.23. The van der Waals surface area contributed by atoms with Crippen molar-refractivity contribution in [3.8, 4) is 0 Å². The Kier molecular flexibility index (Phi) is 3.71. The predicted molar refractivity (Wildman–Crippen MR) is 51.8 cm³/mol. The molecule has 1 atom stereocenters. The summed E-state index contributed by atoms with van der Waals surface area (Å²) >= 11 is 0. The molecule has 2 N–H and O–H groups in total. The maximum Gasteiger partial charge on any atom is 0.161 e. The van der Waals surface area contributed by atoms with E-state index in [1.807, 2.05) is 0 Å². The van der Waals surface area contributed by atoms with Gasteiger partial charge in [0.2, 0.25) is 0 Å². The molecule has 15 heavy (non-hydrogen) atoms. The third-order valence-electron chi connectivity index (χ3n) is 2.25. The van der Waals surface area contributed by atoms with Crippen LogP contribution < -0.4 is 5.73 Å². The molecule has 0 saturated heterocycles.